The average molecular weight is 391 g/mol. The number of hydrogen-bond donors (Lipinski definition) is 0. The number of rotatable bonds is 5. The summed E-state index contributed by atoms with van der Waals surface area (Å²) in [4.78, 5) is 16.5. The van der Waals surface area contributed by atoms with E-state index in [4.69, 9.17) is 4.18 Å². The van der Waals surface area contributed by atoms with Crippen LogP contribution in [-0.4, -0.2) is 5.97 Å². The minimum Gasteiger partial charge on any atom is -0.402 e. The van der Waals surface area contributed by atoms with Gasteiger partial charge >= 0.3 is 5.97 Å². The lowest BCUT2D eigenvalue weighted by atomic mass is 9.90. The van der Waals surface area contributed by atoms with E-state index in [1.807, 2.05) is 54.6 Å². The molecule has 0 saturated heterocycles. The second-order valence-corrected chi connectivity index (χ2v) is 9.93. The fourth-order valence-corrected chi connectivity index (χ4v) is 7.03. The molecule has 3 heteroatoms. The van der Waals surface area contributed by atoms with Gasteiger partial charge in [0.2, 0.25) is 0 Å². The normalized spacial score (nSPS) is 15.7. The lowest BCUT2D eigenvalue weighted by Crippen LogP contribution is -2.23. The zero-order valence-corrected chi connectivity index (χ0v) is 16.8. The van der Waals surface area contributed by atoms with Crippen LogP contribution in [0.1, 0.15) is 32.1 Å². The van der Waals surface area contributed by atoms with Gasteiger partial charge in [-0.05, 0) is 59.5 Å². The SMILES string of the molecule is O=C(OS(c1ccccc1)(c1ccccc1)c1ccccc1)C1CCCCC1. The molecule has 1 saturated carbocycles. The van der Waals surface area contributed by atoms with Crippen LogP contribution in [0.15, 0.2) is 106 Å². The van der Waals surface area contributed by atoms with Crippen LogP contribution in [0.4, 0.5) is 0 Å². The summed E-state index contributed by atoms with van der Waals surface area (Å²) in [5.41, 5.74) is 0. The summed E-state index contributed by atoms with van der Waals surface area (Å²) in [5, 5.41) is 0. The third kappa shape index (κ3) is 3.72. The molecule has 0 aliphatic heterocycles. The van der Waals surface area contributed by atoms with E-state index in [0.29, 0.717) is 0 Å². The Balaban J connectivity index is 1.87. The van der Waals surface area contributed by atoms with Crippen LogP contribution in [0.3, 0.4) is 0 Å². The summed E-state index contributed by atoms with van der Waals surface area (Å²) in [5.74, 6) is -0.0389. The highest BCUT2D eigenvalue weighted by Gasteiger charge is 2.37. The minimum atomic E-state index is -2.13. The molecule has 0 radical (unpaired) electrons. The standard InChI is InChI=1S/C25H26O2S/c26-25(21-13-5-1-6-14-21)27-28(22-15-7-2-8-16-22,23-17-9-3-10-18-23)24-19-11-4-12-20-24/h2-4,7-12,15-21H,1,5-6,13-14H2. The molecule has 0 amide bonds. The summed E-state index contributed by atoms with van der Waals surface area (Å²) in [6.07, 6.45) is 5.32. The third-order valence-corrected chi connectivity index (χ3v) is 8.59. The van der Waals surface area contributed by atoms with E-state index in [0.717, 1.165) is 40.4 Å². The molecule has 0 atom stereocenters. The van der Waals surface area contributed by atoms with E-state index < -0.39 is 10.3 Å². The highest BCUT2D eigenvalue weighted by Crippen LogP contribution is 2.69. The van der Waals surface area contributed by atoms with Crippen LogP contribution < -0.4 is 0 Å². The Morgan fingerprint density at radius 1 is 0.643 bits per heavy atom. The molecule has 1 fully saturated rings. The van der Waals surface area contributed by atoms with Crippen molar-refractivity contribution in [2.24, 2.45) is 5.92 Å². The average Bonchev–Trinajstić information content (AvgIpc) is 2.80. The van der Waals surface area contributed by atoms with Crippen LogP contribution in [0.5, 0.6) is 0 Å². The second kappa shape index (κ2) is 8.66. The predicted molar refractivity (Wildman–Crippen MR) is 114 cm³/mol. The topological polar surface area (TPSA) is 26.3 Å². The van der Waals surface area contributed by atoms with Crippen molar-refractivity contribution in [2.75, 3.05) is 0 Å². The second-order valence-electron chi connectivity index (χ2n) is 7.23. The first-order chi connectivity index (χ1) is 13.8. The first kappa shape index (κ1) is 18.8. The lowest BCUT2D eigenvalue weighted by Gasteiger charge is -2.41. The molecule has 3 aromatic carbocycles. The molecule has 0 unspecified atom stereocenters. The molecule has 1 aliphatic carbocycles. The van der Waals surface area contributed by atoms with Gasteiger partial charge in [-0.1, -0.05) is 73.9 Å². The Kier molecular flexibility index (Phi) is 5.82. The lowest BCUT2D eigenvalue weighted by molar-refractivity contribution is -0.139. The van der Waals surface area contributed by atoms with Gasteiger partial charge in [0, 0.05) is 14.7 Å². The van der Waals surface area contributed by atoms with E-state index >= 15 is 0 Å². The number of carbonyl (C=O) groups is 1. The maximum absolute atomic E-state index is 13.3. The highest BCUT2D eigenvalue weighted by molar-refractivity contribution is 8.30. The van der Waals surface area contributed by atoms with Gasteiger partial charge in [-0.15, -0.1) is 0 Å². The summed E-state index contributed by atoms with van der Waals surface area (Å²) in [6.45, 7) is 0. The number of carbonyl (C=O) groups excluding carboxylic acids is 1. The molecule has 0 spiro atoms. The molecule has 0 aromatic heterocycles. The quantitative estimate of drug-likeness (QED) is 0.468. The zero-order chi connectivity index (χ0) is 19.2. The van der Waals surface area contributed by atoms with Gasteiger partial charge in [0.05, 0.1) is 5.92 Å². The van der Waals surface area contributed by atoms with Gasteiger partial charge in [0.15, 0.2) is 0 Å². The summed E-state index contributed by atoms with van der Waals surface area (Å²) < 4.78 is 6.58. The van der Waals surface area contributed by atoms with Gasteiger partial charge in [0.25, 0.3) is 0 Å². The summed E-state index contributed by atoms with van der Waals surface area (Å²) in [7, 11) is -2.13. The van der Waals surface area contributed by atoms with Crippen molar-refractivity contribution in [1.82, 2.24) is 0 Å². The van der Waals surface area contributed by atoms with Crippen LogP contribution in [-0.2, 0) is 8.98 Å². The van der Waals surface area contributed by atoms with Crippen LogP contribution in [0, 0.1) is 5.92 Å². The molecular formula is C25H26O2S. The van der Waals surface area contributed by atoms with Gasteiger partial charge in [-0.25, -0.2) is 0 Å². The zero-order valence-electron chi connectivity index (χ0n) is 16.0. The molecule has 0 N–H and O–H groups in total. The molecule has 0 bridgehead atoms. The largest absolute Gasteiger partial charge is 0.402 e. The van der Waals surface area contributed by atoms with E-state index in [9.17, 15) is 4.79 Å². The number of hydrogen-bond acceptors (Lipinski definition) is 2. The van der Waals surface area contributed by atoms with Crippen molar-refractivity contribution >= 4 is 16.3 Å². The third-order valence-electron chi connectivity index (χ3n) is 5.37. The van der Waals surface area contributed by atoms with E-state index in [1.165, 1.54) is 6.42 Å². The van der Waals surface area contributed by atoms with E-state index in [-0.39, 0.29) is 11.9 Å². The Morgan fingerprint density at radius 2 is 1.04 bits per heavy atom. The van der Waals surface area contributed by atoms with Gasteiger partial charge in [-0.3, -0.25) is 4.79 Å². The van der Waals surface area contributed by atoms with Crippen molar-refractivity contribution in [3.8, 4) is 0 Å². The Morgan fingerprint density at radius 3 is 1.43 bits per heavy atom. The van der Waals surface area contributed by atoms with Crippen LogP contribution in [0.25, 0.3) is 0 Å². The molecular weight excluding hydrogens is 364 g/mol. The van der Waals surface area contributed by atoms with Crippen LogP contribution in [0.2, 0.25) is 0 Å². The number of benzene rings is 3. The Hall–Kier alpha value is -2.52. The Labute approximate surface area is 169 Å². The first-order valence-corrected chi connectivity index (χ1v) is 11.6. The molecule has 28 heavy (non-hydrogen) atoms. The predicted octanol–water partition coefficient (Wildman–Crippen LogP) is 7.01. The van der Waals surface area contributed by atoms with Crippen molar-refractivity contribution in [1.29, 1.82) is 0 Å². The smallest absolute Gasteiger partial charge is 0.320 e. The van der Waals surface area contributed by atoms with Gasteiger partial charge in [-0.2, -0.15) is 0 Å². The summed E-state index contributed by atoms with van der Waals surface area (Å²) in [6, 6.07) is 30.7. The van der Waals surface area contributed by atoms with Gasteiger partial charge in [0.1, 0.15) is 0 Å². The fourth-order valence-electron chi connectivity index (χ4n) is 3.92. The van der Waals surface area contributed by atoms with Gasteiger partial charge < -0.3 is 4.18 Å². The summed E-state index contributed by atoms with van der Waals surface area (Å²) >= 11 is 0. The maximum Gasteiger partial charge on any atom is 0.320 e. The molecule has 0 heterocycles. The van der Waals surface area contributed by atoms with Crippen molar-refractivity contribution in [2.45, 2.75) is 46.8 Å². The van der Waals surface area contributed by atoms with Crippen LogP contribution >= 0.6 is 10.3 Å². The van der Waals surface area contributed by atoms with E-state index in [2.05, 4.69) is 36.4 Å². The van der Waals surface area contributed by atoms with E-state index in [1.54, 1.807) is 0 Å². The molecule has 144 valence electrons. The monoisotopic (exact) mass is 390 g/mol. The molecule has 2 nitrogen and oxygen atoms in total. The van der Waals surface area contributed by atoms with Crippen molar-refractivity contribution in [3.05, 3.63) is 91.0 Å². The maximum atomic E-state index is 13.3. The minimum absolute atomic E-state index is 0.0109. The van der Waals surface area contributed by atoms with Crippen molar-refractivity contribution < 1.29 is 8.98 Å². The van der Waals surface area contributed by atoms with Crippen molar-refractivity contribution in [3.63, 3.8) is 0 Å². The highest BCUT2D eigenvalue weighted by atomic mass is 32.3. The molecule has 3 aromatic rings. The first-order valence-electron chi connectivity index (χ1n) is 10.0. The molecule has 4 rings (SSSR count). The fraction of sp³-hybridized carbons (Fsp3) is 0.240. The molecule has 1 aliphatic rings. The Bertz CT molecular complexity index is 791.